The zero-order valence-corrected chi connectivity index (χ0v) is 14.4. The number of likely N-dealkylation sites (tertiary alicyclic amines) is 1. The Morgan fingerprint density at radius 2 is 2.00 bits per heavy atom. The molecule has 2 N–H and O–H groups in total. The monoisotopic (exact) mass is 329 g/mol. The summed E-state index contributed by atoms with van der Waals surface area (Å²) in [5.41, 5.74) is 5.90. The van der Waals surface area contributed by atoms with Crippen LogP contribution in [0.4, 0.5) is 0 Å². The maximum atomic E-state index is 5.90. The highest BCUT2D eigenvalue weighted by Crippen LogP contribution is 2.34. The molecule has 2 fully saturated rings. The summed E-state index contributed by atoms with van der Waals surface area (Å²) in [6.45, 7) is 4.26. The molecule has 0 amide bonds. The van der Waals surface area contributed by atoms with Crippen LogP contribution in [0.25, 0.3) is 0 Å². The van der Waals surface area contributed by atoms with Gasteiger partial charge in [0.2, 0.25) is 0 Å². The molecule has 2 aromatic heterocycles. The highest BCUT2D eigenvalue weighted by Gasteiger charge is 2.31. The molecule has 2 aliphatic rings. The van der Waals surface area contributed by atoms with Gasteiger partial charge in [-0.2, -0.15) is 0 Å². The molecule has 1 saturated carbocycles. The molecule has 4 rings (SSSR count). The molecule has 7 nitrogen and oxygen atoms in total. The lowest BCUT2D eigenvalue weighted by Crippen LogP contribution is -2.36. The third-order valence-electron chi connectivity index (χ3n) is 5.64. The van der Waals surface area contributed by atoms with Gasteiger partial charge < -0.3 is 14.9 Å². The first-order chi connectivity index (χ1) is 11.7. The molecule has 0 radical (unpaired) electrons. The maximum absolute atomic E-state index is 5.90. The molecule has 130 valence electrons. The summed E-state index contributed by atoms with van der Waals surface area (Å²) in [5, 5.41) is 8.86. The molecule has 1 saturated heterocycles. The van der Waals surface area contributed by atoms with Crippen LogP contribution in [0.15, 0.2) is 18.7 Å². The number of nitrogens with two attached hydrogens (primary N) is 1. The number of piperidine rings is 1. The Hall–Kier alpha value is -1.73. The van der Waals surface area contributed by atoms with Crippen LogP contribution in [-0.2, 0) is 20.1 Å². The van der Waals surface area contributed by atoms with Crippen LogP contribution in [0.5, 0.6) is 0 Å². The Bertz CT molecular complexity index is 649. The summed E-state index contributed by atoms with van der Waals surface area (Å²) in [7, 11) is 2.10. The average molecular weight is 329 g/mol. The molecule has 7 heteroatoms. The molecule has 24 heavy (non-hydrogen) atoms. The Labute approximate surface area is 142 Å². The third kappa shape index (κ3) is 3.23. The molecular formula is C17H27N7. The van der Waals surface area contributed by atoms with Gasteiger partial charge in [0.25, 0.3) is 0 Å². The predicted octanol–water partition coefficient (Wildman–Crippen LogP) is 1.13. The Kier molecular flexibility index (Phi) is 4.37. The summed E-state index contributed by atoms with van der Waals surface area (Å²) >= 11 is 0. The quantitative estimate of drug-likeness (QED) is 0.890. The molecule has 1 aliphatic carbocycles. The van der Waals surface area contributed by atoms with Crippen LogP contribution in [0.1, 0.15) is 43.3 Å². The van der Waals surface area contributed by atoms with Crippen molar-refractivity contribution in [2.45, 2.75) is 50.7 Å². The van der Waals surface area contributed by atoms with E-state index >= 15 is 0 Å². The smallest absolute Gasteiger partial charge is 0.146 e. The molecule has 0 aromatic carbocycles. The van der Waals surface area contributed by atoms with E-state index in [2.05, 4.69) is 42.5 Å². The molecule has 0 atom stereocenters. The fourth-order valence-electron chi connectivity index (χ4n) is 3.96. The molecule has 0 bridgehead atoms. The van der Waals surface area contributed by atoms with E-state index in [1.54, 1.807) is 0 Å². The van der Waals surface area contributed by atoms with Gasteiger partial charge in [-0.25, -0.2) is 4.98 Å². The van der Waals surface area contributed by atoms with Crippen molar-refractivity contribution in [3.05, 3.63) is 30.4 Å². The summed E-state index contributed by atoms with van der Waals surface area (Å²) in [5.74, 6) is 3.45. The minimum Gasteiger partial charge on any atom is -0.337 e. The second-order valence-electron chi connectivity index (χ2n) is 7.44. The van der Waals surface area contributed by atoms with Crippen molar-refractivity contribution in [2.24, 2.45) is 18.7 Å². The molecule has 2 aromatic rings. The van der Waals surface area contributed by atoms with Crippen molar-refractivity contribution < 1.29 is 0 Å². The largest absolute Gasteiger partial charge is 0.337 e. The van der Waals surface area contributed by atoms with Gasteiger partial charge in [-0.3, -0.25) is 4.90 Å². The van der Waals surface area contributed by atoms with Crippen LogP contribution < -0.4 is 5.73 Å². The summed E-state index contributed by atoms with van der Waals surface area (Å²) in [6, 6.07) is 0.352. The minimum atomic E-state index is 0.352. The normalized spacial score (nSPS) is 25.8. The highest BCUT2D eigenvalue weighted by atomic mass is 15.3. The van der Waals surface area contributed by atoms with Crippen molar-refractivity contribution in [1.29, 1.82) is 0 Å². The van der Waals surface area contributed by atoms with Crippen molar-refractivity contribution in [1.82, 2.24) is 29.2 Å². The van der Waals surface area contributed by atoms with Gasteiger partial charge in [-0.05, 0) is 44.7 Å². The fraction of sp³-hybridized carbons (Fsp3) is 0.706. The lowest BCUT2D eigenvalue weighted by atomic mass is 9.80. The SMILES string of the molecule is Cn1c(CN2CCC(Cn3ccnc3)CC2)nnc1C1CC(N)C1. The predicted molar refractivity (Wildman–Crippen MR) is 91.2 cm³/mol. The van der Waals surface area contributed by atoms with E-state index < -0.39 is 0 Å². The highest BCUT2D eigenvalue weighted by molar-refractivity contribution is 5.08. The number of nitrogens with zero attached hydrogens (tertiary/aromatic N) is 6. The first kappa shape index (κ1) is 15.8. The van der Waals surface area contributed by atoms with Crippen molar-refractivity contribution in [3.8, 4) is 0 Å². The maximum Gasteiger partial charge on any atom is 0.146 e. The molecule has 0 spiro atoms. The summed E-state index contributed by atoms with van der Waals surface area (Å²) in [4.78, 5) is 6.63. The van der Waals surface area contributed by atoms with Gasteiger partial charge in [0, 0.05) is 37.9 Å². The van der Waals surface area contributed by atoms with Crippen molar-refractivity contribution in [3.63, 3.8) is 0 Å². The first-order valence-electron chi connectivity index (χ1n) is 9.01. The topological polar surface area (TPSA) is 77.8 Å². The zero-order chi connectivity index (χ0) is 16.5. The van der Waals surface area contributed by atoms with Crippen LogP contribution in [0.2, 0.25) is 0 Å². The molecule has 3 heterocycles. The lowest BCUT2D eigenvalue weighted by molar-refractivity contribution is 0.162. The van der Waals surface area contributed by atoms with Crippen molar-refractivity contribution in [2.75, 3.05) is 13.1 Å². The van der Waals surface area contributed by atoms with E-state index in [0.29, 0.717) is 12.0 Å². The number of aromatic nitrogens is 5. The average Bonchev–Trinajstić information content (AvgIpc) is 3.17. The van der Waals surface area contributed by atoms with E-state index in [9.17, 15) is 0 Å². The van der Waals surface area contributed by atoms with Gasteiger partial charge in [0.1, 0.15) is 11.6 Å². The van der Waals surface area contributed by atoms with Crippen LogP contribution >= 0.6 is 0 Å². The van der Waals surface area contributed by atoms with E-state index in [0.717, 1.165) is 56.6 Å². The van der Waals surface area contributed by atoms with Crippen LogP contribution in [-0.4, -0.2) is 48.3 Å². The molecular weight excluding hydrogens is 302 g/mol. The van der Waals surface area contributed by atoms with Crippen LogP contribution in [0, 0.1) is 5.92 Å². The summed E-state index contributed by atoms with van der Waals surface area (Å²) in [6.07, 6.45) is 10.4. The number of hydrogen-bond donors (Lipinski definition) is 1. The van der Waals surface area contributed by atoms with E-state index in [4.69, 9.17) is 5.73 Å². The van der Waals surface area contributed by atoms with Gasteiger partial charge >= 0.3 is 0 Å². The minimum absolute atomic E-state index is 0.352. The number of rotatable bonds is 5. The second kappa shape index (κ2) is 6.64. The van der Waals surface area contributed by atoms with E-state index in [-0.39, 0.29) is 0 Å². The third-order valence-corrected chi connectivity index (χ3v) is 5.64. The van der Waals surface area contributed by atoms with Gasteiger partial charge in [-0.15, -0.1) is 10.2 Å². The number of hydrogen-bond acceptors (Lipinski definition) is 5. The first-order valence-corrected chi connectivity index (χ1v) is 9.01. The molecule has 0 unspecified atom stereocenters. The number of imidazole rings is 1. The van der Waals surface area contributed by atoms with E-state index in [1.807, 2.05) is 12.5 Å². The standard InChI is InChI=1S/C17H27N7/c1-22-16(20-21-17(22)14-8-15(18)9-14)11-23-5-2-13(3-6-23)10-24-7-4-19-12-24/h4,7,12-15H,2-3,5-6,8-11,18H2,1H3. The Balaban J connectivity index is 1.29. The van der Waals surface area contributed by atoms with Gasteiger partial charge in [0.05, 0.1) is 12.9 Å². The fourth-order valence-corrected chi connectivity index (χ4v) is 3.96. The second-order valence-corrected chi connectivity index (χ2v) is 7.44. The Morgan fingerprint density at radius 1 is 1.21 bits per heavy atom. The van der Waals surface area contributed by atoms with Crippen molar-refractivity contribution >= 4 is 0 Å². The summed E-state index contributed by atoms with van der Waals surface area (Å²) < 4.78 is 4.38. The lowest BCUT2D eigenvalue weighted by Gasteiger charge is -2.32. The Morgan fingerprint density at radius 3 is 2.67 bits per heavy atom. The molecule has 1 aliphatic heterocycles. The van der Waals surface area contributed by atoms with Crippen LogP contribution in [0.3, 0.4) is 0 Å². The zero-order valence-electron chi connectivity index (χ0n) is 14.4. The van der Waals surface area contributed by atoms with E-state index in [1.165, 1.54) is 12.8 Å². The van der Waals surface area contributed by atoms with Gasteiger partial charge in [-0.1, -0.05) is 0 Å². The van der Waals surface area contributed by atoms with Gasteiger partial charge in [0.15, 0.2) is 0 Å².